The maximum atomic E-state index is 6.06. The Morgan fingerprint density at radius 2 is 2.07 bits per heavy atom. The summed E-state index contributed by atoms with van der Waals surface area (Å²) in [5.74, 6) is 0. The highest BCUT2D eigenvalue weighted by Crippen LogP contribution is 2.40. The van der Waals surface area contributed by atoms with Crippen LogP contribution in [0.25, 0.3) is 11.0 Å². The fourth-order valence-electron chi connectivity index (χ4n) is 1.72. The van der Waals surface area contributed by atoms with Crippen LogP contribution in [-0.4, -0.2) is 9.55 Å². The molecule has 72 valence electrons. The smallest absolute Gasteiger partial charge is 0.204 e. The van der Waals surface area contributed by atoms with Crippen LogP contribution >= 0.6 is 23.2 Å². The van der Waals surface area contributed by atoms with E-state index in [-0.39, 0.29) is 0 Å². The molecule has 1 saturated carbocycles. The third-order valence-electron chi connectivity index (χ3n) is 2.52. The van der Waals surface area contributed by atoms with Gasteiger partial charge >= 0.3 is 0 Å². The Bertz CT molecular complexity index is 500. The SMILES string of the molecule is Clc1ccc2nc(Cl)n(C3CC3)c2c1. The van der Waals surface area contributed by atoms with Crippen LogP contribution < -0.4 is 0 Å². The molecule has 0 spiro atoms. The van der Waals surface area contributed by atoms with Crippen LogP contribution in [0.3, 0.4) is 0 Å². The lowest BCUT2D eigenvalue weighted by molar-refractivity contribution is 0.767. The van der Waals surface area contributed by atoms with Crippen molar-refractivity contribution in [2.24, 2.45) is 0 Å². The second kappa shape index (κ2) is 2.88. The number of nitrogens with zero attached hydrogens (tertiary/aromatic N) is 2. The van der Waals surface area contributed by atoms with Crippen molar-refractivity contribution in [2.75, 3.05) is 0 Å². The van der Waals surface area contributed by atoms with Gasteiger partial charge in [-0.15, -0.1) is 0 Å². The first-order valence-electron chi connectivity index (χ1n) is 4.59. The molecule has 0 aliphatic heterocycles. The normalized spacial score (nSPS) is 16.4. The number of halogens is 2. The Morgan fingerprint density at radius 1 is 1.29 bits per heavy atom. The highest BCUT2D eigenvalue weighted by atomic mass is 35.5. The van der Waals surface area contributed by atoms with Crippen molar-refractivity contribution in [3.63, 3.8) is 0 Å². The predicted octanol–water partition coefficient (Wildman–Crippen LogP) is 3.68. The molecule has 0 atom stereocenters. The van der Waals surface area contributed by atoms with Crippen molar-refractivity contribution in [1.82, 2.24) is 9.55 Å². The lowest BCUT2D eigenvalue weighted by Crippen LogP contribution is -1.92. The molecule has 0 unspecified atom stereocenters. The van der Waals surface area contributed by atoms with Gasteiger partial charge in [0.25, 0.3) is 0 Å². The first-order chi connectivity index (χ1) is 6.75. The fraction of sp³-hybridized carbons (Fsp3) is 0.300. The Labute approximate surface area is 91.4 Å². The van der Waals surface area contributed by atoms with Gasteiger partial charge in [0.2, 0.25) is 5.28 Å². The lowest BCUT2D eigenvalue weighted by atomic mass is 10.3. The van der Waals surface area contributed by atoms with Gasteiger partial charge in [0, 0.05) is 11.1 Å². The first kappa shape index (κ1) is 8.57. The van der Waals surface area contributed by atoms with Crippen molar-refractivity contribution >= 4 is 34.2 Å². The second-order valence-corrected chi connectivity index (χ2v) is 4.39. The quantitative estimate of drug-likeness (QED) is 0.726. The molecule has 0 bridgehead atoms. The zero-order valence-electron chi connectivity index (χ0n) is 7.37. The number of benzene rings is 1. The number of hydrogen-bond donors (Lipinski definition) is 0. The van der Waals surface area contributed by atoms with E-state index < -0.39 is 0 Å². The van der Waals surface area contributed by atoms with Gasteiger partial charge in [0.1, 0.15) is 0 Å². The van der Waals surface area contributed by atoms with Crippen LogP contribution in [0.5, 0.6) is 0 Å². The zero-order chi connectivity index (χ0) is 9.71. The van der Waals surface area contributed by atoms with Crippen LogP contribution in [-0.2, 0) is 0 Å². The minimum absolute atomic E-state index is 0.533. The first-order valence-corrected chi connectivity index (χ1v) is 5.34. The molecule has 14 heavy (non-hydrogen) atoms. The molecule has 0 N–H and O–H groups in total. The lowest BCUT2D eigenvalue weighted by Gasteiger charge is -2.01. The van der Waals surface area contributed by atoms with Gasteiger partial charge in [-0.05, 0) is 42.6 Å². The van der Waals surface area contributed by atoms with Crippen LogP contribution in [0.15, 0.2) is 18.2 Å². The average Bonchev–Trinajstić information content (AvgIpc) is 2.90. The van der Waals surface area contributed by atoms with Crippen molar-refractivity contribution in [3.05, 3.63) is 28.5 Å². The van der Waals surface area contributed by atoms with E-state index in [1.54, 1.807) is 0 Å². The molecule has 1 aliphatic rings. The minimum atomic E-state index is 0.533. The van der Waals surface area contributed by atoms with Gasteiger partial charge in [-0.2, -0.15) is 0 Å². The summed E-state index contributed by atoms with van der Waals surface area (Å²) in [5.41, 5.74) is 1.97. The average molecular weight is 227 g/mol. The summed E-state index contributed by atoms with van der Waals surface area (Å²) in [6.45, 7) is 0. The maximum Gasteiger partial charge on any atom is 0.204 e. The molecule has 1 aromatic heterocycles. The van der Waals surface area contributed by atoms with E-state index in [0.717, 1.165) is 16.1 Å². The van der Waals surface area contributed by atoms with Gasteiger partial charge < -0.3 is 4.57 Å². The fourth-order valence-corrected chi connectivity index (χ4v) is 2.20. The summed E-state index contributed by atoms with van der Waals surface area (Å²) in [6.07, 6.45) is 2.38. The molecule has 2 nitrogen and oxygen atoms in total. The number of rotatable bonds is 1. The van der Waals surface area contributed by atoms with Crippen LogP contribution in [0.2, 0.25) is 10.3 Å². The molecule has 1 aliphatic carbocycles. The third-order valence-corrected chi connectivity index (χ3v) is 3.02. The molecule has 4 heteroatoms. The monoisotopic (exact) mass is 226 g/mol. The Kier molecular flexibility index (Phi) is 1.76. The third kappa shape index (κ3) is 1.22. The van der Waals surface area contributed by atoms with E-state index in [1.807, 2.05) is 18.2 Å². The highest BCUT2D eigenvalue weighted by Gasteiger charge is 2.27. The summed E-state index contributed by atoms with van der Waals surface area (Å²) < 4.78 is 2.07. The standard InChI is InChI=1S/C10H8Cl2N2/c11-6-1-4-8-9(5-6)14(7-2-3-7)10(12)13-8/h1,4-5,7H,2-3H2. The molecule has 3 rings (SSSR count). The molecule has 1 heterocycles. The molecular formula is C10H8Cl2N2. The van der Waals surface area contributed by atoms with Gasteiger partial charge in [0.05, 0.1) is 11.0 Å². The molecule has 1 fully saturated rings. The van der Waals surface area contributed by atoms with E-state index in [0.29, 0.717) is 11.3 Å². The number of aromatic nitrogens is 2. The van der Waals surface area contributed by atoms with Crippen LogP contribution in [0.1, 0.15) is 18.9 Å². The predicted molar refractivity (Wildman–Crippen MR) is 58.0 cm³/mol. The highest BCUT2D eigenvalue weighted by molar-refractivity contribution is 6.31. The summed E-state index contributed by atoms with van der Waals surface area (Å²) in [4.78, 5) is 4.29. The largest absolute Gasteiger partial charge is 0.311 e. The van der Waals surface area contributed by atoms with Crippen LogP contribution in [0.4, 0.5) is 0 Å². The summed E-state index contributed by atoms with van der Waals surface area (Å²) in [6, 6.07) is 6.20. The molecule has 2 aromatic rings. The van der Waals surface area contributed by atoms with Gasteiger partial charge in [-0.1, -0.05) is 11.6 Å². The summed E-state index contributed by atoms with van der Waals surface area (Å²) in [7, 11) is 0. The molecule has 0 amide bonds. The molecule has 0 saturated heterocycles. The van der Waals surface area contributed by atoms with Crippen molar-refractivity contribution in [2.45, 2.75) is 18.9 Å². The van der Waals surface area contributed by atoms with Gasteiger partial charge in [-0.25, -0.2) is 4.98 Å². The van der Waals surface area contributed by atoms with E-state index >= 15 is 0 Å². The minimum Gasteiger partial charge on any atom is -0.311 e. The number of hydrogen-bond acceptors (Lipinski definition) is 1. The Hall–Kier alpha value is -0.730. The summed E-state index contributed by atoms with van der Waals surface area (Å²) in [5, 5.41) is 1.31. The van der Waals surface area contributed by atoms with Crippen molar-refractivity contribution in [1.29, 1.82) is 0 Å². The maximum absolute atomic E-state index is 6.06. The Balaban J connectivity index is 2.34. The summed E-state index contributed by atoms with van der Waals surface area (Å²) >= 11 is 12.0. The van der Waals surface area contributed by atoms with E-state index in [4.69, 9.17) is 23.2 Å². The van der Waals surface area contributed by atoms with Crippen molar-refractivity contribution < 1.29 is 0 Å². The molecule has 0 radical (unpaired) electrons. The van der Waals surface area contributed by atoms with Crippen LogP contribution in [0, 0.1) is 0 Å². The molecule has 1 aromatic carbocycles. The number of fused-ring (bicyclic) bond motifs is 1. The van der Waals surface area contributed by atoms with E-state index in [1.165, 1.54) is 12.8 Å². The van der Waals surface area contributed by atoms with Gasteiger partial charge in [0.15, 0.2) is 0 Å². The molecular weight excluding hydrogens is 219 g/mol. The van der Waals surface area contributed by atoms with E-state index in [2.05, 4.69) is 9.55 Å². The Morgan fingerprint density at radius 3 is 2.79 bits per heavy atom. The topological polar surface area (TPSA) is 17.8 Å². The van der Waals surface area contributed by atoms with E-state index in [9.17, 15) is 0 Å². The number of imidazole rings is 1. The zero-order valence-corrected chi connectivity index (χ0v) is 8.89. The van der Waals surface area contributed by atoms with Gasteiger partial charge in [-0.3, -0.25) is 0 Å². The van der Waals surface area contributed by atoms with Crippen molar-refractivity contribution in [3.8, 4) is 0 Å². The second-order valence-electron chi connectivity index (χ2n) is 3.62.